The lowest BCUT2D eigenvalue weighted by Gasteiger charge is -2.42. The Bertz CT molecular complexity index is 762. The lowest BCUT2D eigenvalue weighted by molar-refractivity contribution is -0.134. The van der Waals surface area contributed by atoms with Gasteiger partial charge in [0.1, 0.15) is 0 Å². The Kier molecular flexibility index (Phi) is 7.98. The first-order chi connectivity index (χ1) is 12.8. The molecule has 0 bridgehead atoms. The molecule has 0 aromatic carbocycles. The number of allylic oxidation sites excluding steroid dienone is 9. The summed E-state index contributed by atoms with van der Waals surface area (Å²) in [7, 11) is 1.36. The van der Waals surface area contributed by atoms with Crippen molar-refractivity contribution in [1.82, 2.24) is 0 Å². The van der Waals surface area contributed by atoms with Crippen LogP contribution >= 0.6 is 0 Å². The van der Waals surface area contributed by atoms with E-state index in [0.29, 0.717) is 0 Å². The highest BCUT2D eigenvalue weighted by atomic mass is 16.5. The van der Waals surface area contributed by atoms with Gasteiger partial charge in [0.05, 0.1) is 7.11 Å². The van der Waals surface area contributed by atoms with Crippen LogP contribution in [0.4, 0.5) is 0 Å². The fourth-order valence-electron chi connectivity index (χ4n) is 3.58. The molecule has 0 N–H and O–H groups in total. The van der Waals surface area contributed by atoms with Gasteiger partial charge in [0, 0.05) is 12.0 Å². The molecule has 0 aromatic rings. The first-order valence-electron chi connectivity index (χ1n) is 9.84. The Morgan fingerprint density at radius 2 is 1.75 bits per heavy atom. The van der Waals surface area contributed by atoms with Crippen LogP contribution in [0.3, 0.4) is 0 Å². The normalized spacial score (nSPS) is 21.8. The summed E-state index contributed by atoms with van der Waals surface area (Å²) in [6.07, 6.45) is 12.2. The zero-order valence-corrected chi connectivity index (χ0v) is 19.0. The molecule has 1 atom stereocenters. The van der Waals surface area contributed by atoms with E-state index in [1.54, 1.807) is 0 Å². The SMILES string of the molecule is COC(=O)C=C(C)C=CC=C(C)C=CC1=C(C)C(=O)C(C(C)(C)C)CC1(C)C. The number of methoxy groups -OCH3 is 1. The van der Waals surface area contributed by atoms with Crippen molar-refractivity contribution in [2.45, 2.75) is 61.8 Å². The summed E-state index contributed by atoms with van der Waals surface area (Å²) in [6, 6.07) is 0. The van der Waals surface area contributed by atoms with Crippen LogP contribution in [0.1, 0.15) is 61.8 Å². The number of hydrogen-bond donors (Lipinski definition) is 0. The molecule has 0 saturated heterocycles. The van der Waals surface area contributed by atoms with E-state index in [9.17, 15) is 9.59 Å². The van der Waals surface area contributed by atoms with Crippen LogP contribution in [0.15, 0.2) is 58.7 Å². The number of hydrogen-bond acceptors (Lipinski definition) is 3. The summed E-state index contributed by atoms with van der Waals surface area (Å²) in [4.78, 5) is 24.1. The highest BCUT2D eigenvalue weighted by Gasteiger charge is 2.42. The van der Waals surface area contributed by atoms with Crippen molar-refractivity contribution in [2.75, 3.05) is 7.11 Å². The minimum absolute atomic E-state index is 0.0267. The van der Waals surface area contributed by atoms with Gasteiger partial charge in [-0.1, -0.05) is 70.6 Å². The molecule has 0 heterocycles. The van der Waals surface area contributed by atoms with E-state index in [2.05, 4.69) is 51.5 Å². The molecule has 0 fully saturated rings. The van der Waals surface area contributed by atoms with Crippen molar-refractivity contribution in [2.24, 2.45) is 16.7 Å². The summed E-state index contributed by atoms with van der Waals surface area (Å²) in [5.74, 6) is -0.0247. The Labute approximate surface area is 170 Å². The number of carbonyl (C=O) groups is 2. The molecule has 28 heavy (non-hydrogen) atoms. The molecule has 0 spiro atoms. The van der Waals surface area contributed by atoms with Gasteiger partial charge in [-0.15, -0.1) is 0 Å². The molecule has 0 radical (unpaired) electrons. The van der Waals surface area contributed by atoms with Crippen LogP contribution in [0.25, 0.3) is 0 Å². The molecule has 0 saturated carbocycles. The zero-order valence-electron chi connectivity index (χ0n) is 19.0. The molecular weight excluding hydrogens is 348 g/mol. The van der Waals surface area contributed by atoms with E-state index >= 15 is 0 Å². The fourth-order valence-corrected chi connectivity index (χ4v) is 3.58. The Hall–Kier alpha value is -2.16. The second-order valence-electron chi connectivity index (χ2n) is 9.42. The summed E-state index contributed by atoms with van der Waals surface area (Å²) in [5.41, 5.74) is 3.84. The quantitative estimate of drug-likeness (QED) is 0.325. The predicted molar refractivity (Wildman–Crippen MR) is 117 cm³/mol. The van der Waals surface area contributed by atoms with Gasteiger partial charge in [-0.3, -0.25) is 4.79 Å². The fraction of sp³-hybridized carbons (Fsp3) is 0.520. The third-order valence-electron chi connectivity index (χ3n) is 5.36. The average Bonchev–Trinajstić information content (AvgIpc) is 2.56. The first kappa shape index (κ1) is 23.9. The number of Topliss-reactive ketones (excluding diaryl/α,β-unsaturated/α-hetero) is 1. The lowest BCUT2D eigenvalue weighted by Crippen LogP contribution is -2.39. The molecule has 0 aromatic heterocycles. The van der Waals surface area contributed by atoms with Gasteiger partial charge < -0.3 is 4.74 Å². The predicted octanol–water partition coefficient (Wildman–Crippen LogP) is 6.14. The molecule has 0 aliphatic heterocycles. The lowest BCUT2D eigenvalue weighted by atomic mass is 9.61. The van der Waals surface area contributed by atoms with Crippen LogP contribution in [-0.4, -0.2) is 18.9 Å². The van der Waals surface area contributed by atoms with Crippen LogP contribution < -0.4 is 0 Å². The van der Waals surface area contributed by atoms with Gasteiger partial charge >= 0.3 is 5.97 Å². The maximum absolute atomic E-state index is 12.9. The van der Waals surface area contributed by atoms with Crippen LogP contribution in [-0.2, 0) is 14.3 Å². The smallest absolute Gasteiger partial charge is 0.330 e. The van der Waals surface area contributed by atoms with Crippen molar-refractivity contribution in [1.29, 1.82) is 0 Å². The summed E-state index contributed by atoms with van der Waals surface area (Å²) < 4.78 is 4.61. The Morgan fingerprint density at radius 3 is 2.29 bits per heavy atom. The third kappa shape index (κ3) is 6.47. The maximum Gasteiger partial charge on any atom is 0.330 e. The number of rotatable bonds is 5. The molecule has 3 nitrogen and oxygen atoms in total. The van der Waals surface area contributed by atoms with Gasteiger partial charge in [-0.05, 0) is 54.7 Å². The Morgan fingerprint density at radius 1 is 1.14 bits per heavy atom. The van der Waals surface area contributed by atoms with Crippen LogP contribution in [0.2, 0.25) is 0 Å². The highest BCUT2D eigenvalue weighted by molar-refractivity contribution is 5.99. The van der Waals surface area contributed by atoms with E-state index in [1.165, 1.54) is 13.2 Å². The minimum atomic E-state index is -0.358. The average molecular weight is 385 g/mol. The largest absolute Gasteiger partial charge is 0.466 e. The van der Waals surface area contributed by atoms with E-state index in [0.717, 1.165) is 28.7 Å². The van der Waals surface area contributed by atoms with Gasteiger partial charge in [-0.2, -0.15) is 0 Å². The second kappa shape index (κ2) is 9.36. The molecule has 1 unspecified atom stereocenters. The molecule has 154 valence electrons. The van der Waals surface area contributed by atoms with Crippen molar-refractivity contribution in [3.8, 4) is 0 Å². The molecule has 1 aliphatic rings. The number of carbonyl (C=O) groups excluding carboxylic acids is 2. The summed E-state index contributed by atoms with van der Waals surface area (Å²) in [5, 5.41) is 0. The number of ketones is 1. The summed E-state index contributed by atoms with van der Waals surface area (Å²) >= 11 is 0. The van der Waals surface area contributed by atoms with Gasteiger partial charge in [0.2, 0.25) is 0 Å². The third-order valence-corrected chi connectivity index (χ3v) is 5.36. The van der Waals surface area contributed by atoms with Gasteiger partial charge in [0.15, 0.2) is 5.78 Å². The standard InChI is InChI=1S/C25H36O3/c1-17(11-10-12-18(2)15-22(26)28-9)13-14-20-19(3)23(27)21(24(4,5)6)16-25(20,7)8/h10-15,21H,16H2,1-9H3. The van der Waals surface area contributed by atoms with Crippen LogP contribution in [0, 0.1) is 16.7 Å². The van der Waals surface area contributed by atoms with E-state index in [4.69, 9.17) is 0 Å². The molecule has 3 heteroatoms. The molecule has 1 rings (SSSR count). The molecule has 0 amide bonds. The van der Waals surface area contributed by atoms with Crippen molar-refractivity contribution in [3.63, 3.8) is 0 Å². The van der Waals surface area contributed by atoms with Gasteiger partial charge in [0.25, 0.3) is 0 Å². The van der Waals surface area contributed by atoms with Crippen LogP contribution in [0.5, 0.6) is 0 Å². The van der Waals surface area contributed by atoms with Gasteiger partial charge in [-0.25, -0.2) is 4.79 Å². The molecule has 1 aliphatic carbocycles. The molecular formula is C25H36O3. The second-order valence-corrected chi connectivity index (χ2v) is 9.42. The number of esters is 1. The van der Waals surface area contributed by atoms with Crippen molar-refractivity contribution >= 4 is 11.8 Å². The monoisotopic (exact) mass is 384 g/mol. The highest BCUT2D eigenvalue weighted by Crippen LogP contribution is 2.47. The Balaban J connectivity index is 3.03. The maximum atomic E-state index is 12.9. The first-order valence-corrected chi connectivity index (χ1v) is 9.84. The summed E-state index contributed by atoms with van der Waals surface area (Å²) in [6.45, 7) is 16.7. The number of ether oxygens (including phenoxy) is 1. The van der Waals surface area contributed by atoms with Crippen molar-refractivity contribution in [3.05, 3.63) is 58.7 Å². The minimum Gasteiger partial charge on any atom is -0.466 e. The van der Waals surface area contributed by atoms with E-state index in [-0.39, 0.29) is 28.5 Å². The zero-order chi connectivity index (χ0) is 21.7. The van der Waals surface area contributed by atoms with Crippen molar-refractivity contribution < 1.29 is 14.3 Å². The van der Waals surface area contributed by atoms with E-state index < -0.39 is 0 Å². The van der Waals surface area contributed by atoms with E-state index in [1.807, 2.05) is 39.0 Å². The topological polar surface area (TPSA) is 43.4 Å².